The molecule has 0 radical (unpaired) electrons. The largest absolute Gasteiger partial charge is 0.462 e. The van der Waals surface area contributed by atoms with Crippen molar-refractivity contribution in [3.05, 3.63) is 60.8 Å². The molecule has 0 spiro atoms. The predicted molar refractivity (Wildman–Crippen MR) is 264 cm³/mol. The van der Waals surface area contributed by atoms with Gasteiger partial charge in [0.2, 0.25) is 5.91 Å². The number of hydrogen-bond donors (Lipinski definition) is 3. The lowest BCUT2D eigenvalue weighted by molar-refractivity contribution is -0.151. The number of hydrogen-bond acceptors (Lipinski definition) is 5. The highest BCUT2D eigenvalue weighted by Crippen LogP contribution is 2.18. The van der Waals surface area contributed by atoms with Gasteiger partial charge in [0.05, 0.1) is 25.2 Å². The van der Waals surface area contributed by atoms with Gasteiger partial charge in [0, 0.05) is 6.42 Å². The van der Waals surface area contributed by atoms with Crippen molar-refractivity contribution in [1.29, 1.82) is 0 Å². The highest BCUT2D eigenvalue weighted by Gasteiger charge is 2.24. The maximum absolute atomic E-state index is 13.2. The van der Waals surface area contributed by atoms with Crippen molar-refractivity contribution in [3.8, 4) is 0 Å². The van der Waals surface area contributed by atoms with Crippen molar-refractivity contribution in [2.45, 2.75) is 270 Å². The first-order chi connectivity index (χ1) is 30.0. The quantitative estimate of drug-likeness (QED) is 0.0245. The van der Waals surface area contributed by atoms with Crippen LogP contribution in [0, 0.1) is 0 Å². The van der Waals surface area contributed by atoms with E-state index in [0.717, 1.165) is 96.3 Å². The van der Waals surface area contributed by atoms with E-state index in [-0.39, 0.29) is 24.9 Å². The Morgan fingerprint density at radius 3 is 1.49 bits per heavy atom. The molecule has 0 fully saturated rings. The number of carbonyl (C=O) groups excluding carboxylic acids is 2. The van der Waals surface area contributed by atoms with Gasteiger partial charge in [0.15, 0.2) is 0 Å². The van der Waals surface area contributed by atoms with Gasteiger partial charge in [-0.25, -0.2) is 0 Å². The van der Waals surface area contributed by atoms with Crippen LogP contribution in [0.15, 0.2) is 60.8 Å². The van der Waals surface area contributed by atoms with Gasteiger partial charge >= 0.3 is 5.97 Å². The number of allylic oxidation sites excluding steroid dienone is 10. The molecule has 61 heavy (non-hydrogen) atoms. The number of rotatable bonds is 46. The van der Waals surface area contributed by atoms with E-state index in [1.54, 1.807) is 0 Å². The Morgan fingerprint density at radius 2 is 0.951 bits per heavy atom. The van der Waals surface area contributed by atoms with Crippen molar-refractivity contribution in [3.63, 3.8) is 0 Å². The van der Waals surface area contributed by atoms with Gasteiger partial charge in [-0.05, 0) is 77.0 Å². The second kappa shape index (κ2) is 48.6. The van der Waals surface area contributed by atoms with Crippen LogP contribution in [0.3, 0.4) is 0 Å². The third kappa shape index (κ3) is 44.0. The Labute approximate surface area is 378 Å². The van der Waals surface area contributed by atoms with E-state index in [2.05, 4.69) is 86.8 Å². The molecular weight excluding hydrogens is 755 g/mol. The van der Waals surface area contributed by atoms with Crippen LogP contribution in [0.4, 0.5) is 0 Å². The number of esters is 1. The first-order valence-corrected chi connectivity index (χ1v) is 26.0. The summed E-state index contributed by atoms with van der Waals surface area (Å²) in [5.74, 6) is -0.501. The molecule has 0 aliphatic rings. The highest BCUT2D eigenvalue weighted by atomic mass is 16.5. The zero-order chi connectivity index (χ0) is 44.5. The number of aliphatic hydroxyl groups is 2. The molecule has 0 bridgehead atoms. The smallest absolute Gasteiger partial charge is 0.306 e. The first-order valence-electron chi connectivity index (χ1n) is 26.0. The van der Waals surface area contributed by atoms with E-state index in [1.165, 1.54) is 109 Å². The maximum atomic E-state index is 13.2. The topological polar surface area (TPSA) is 95.9 Å². The maximum Gasteiger partial charge on any atom is 0.306 e. The van der Waals surface area contributed by atoms with Gasteiger partial charge in [-0.3, -0.25) is 9.59 Å². The average molecular weight is 854 g/mol. The number of amides is 1. The summed E-state index contributed by atoms with van der Waals surface area (Å²) in [4.78, 5) is 26.1. The monoisotopic (exact) mass is 854 g/mol. The van der Waals surface area contributed by atoms with Crippen LogP contribution in [0.1, 0.15) is 252 Å². The van der Waals surface area contributed by atoms with Crippen LogP contribution >= 0.6 is 0 Å². The van der Waals surface area contributed by atoms with E-state index >= 15 is 0 Å². The number of unbranched alkanes of at least 4 members (excludes halogenated alkanes) is 26. The summed E-state index contributed by atoms with van der Waals surface area (Å²) in [7, 11) is 0. The van der Waals surface area contributed by atoms with Crippen molar-refractivity contribution < 1.29 is 24.5 Å². The minimum Gasteiger partial charge on any atom is -0.462 e. The highest BCUT2D eigenvalue weighted by molar-refractivity contribution is 5.77. The summed E-state index contributed by atoms with van der Waals surface area (Å²) >= 11 is 0. The number of aliphatic hydroxyl groups excluding tert-OH is 2. The lowest BCUT2D eigenvalue weighted by Crippen LogP contribution is -2.46. The van der Waals surface area contributed by atoms with Gasteiger partial charge in [0.1, 0.15) is 6.10 Å². The summed E-state index contributed by atoms with van der Waals surface area (Å²) in [5, 5.41) is 23.8. The second-order valence-corrected chi connectivity index (χ2v) is 17.6. The predicted octanol–water partition coefficient (Wildman–Crippen LogP) is 15.6. The summed E-state index contributed by atoms with van der Waals surface area (Å²) < 4.78 is 5.93. The molecule has 3 atom stereocenters. The number of carbonyl (C=O) groups is 2. The zero-order valence-corrected chi connectivity index (χ0v) is 40.3. The SMILES string of the molecule is CC/C=C/C=C/C=C/CCCCCCCC(CC(=O)NC(CO)C(O)CCCCCCCCCCCCCC)OC(=O)CCCCCCCCC/C=C\C/C=C\CCCCC. The molecule has 0 heterocycles. The van der Waals surface area contributed by atoms with Crippen LogP contribution in [-0.4, -0.2) is 46.9 Å². The van der Waals surface area contributed by atoms with Crippen LogP contribution < -0.4 is 5.32 Å². The lowest BCUT2D eigenvalue weighted by atomic mass is 10.0. The van der Waals surface area contributed by atoms with E-state index in [4.69, 9.17) is 4.74 Å². The van der Waals surface area contributed by atoms with Crippen molar-refractivity contribution in [1.82, 2.24) is 5.32 Å². The fraction of sp³-hybridized carbons (Fsp3) is 0.782. The van der Waals surface area contributed by atoms with Crippen LogP contribution in [0.5, 0.6) is 0 Å². The summed E-state index contributed by atoms with van der Waals surface area (Å²) in [6.07, 6.45) is 59.9. The van der Waals surface area contributed by atoms with Gasteiger partial charge in [0.25, 0.3) is 0 Å². The number of nitrogens with one attached hydrogen (secondary N) is 1. The second-order valence-electron chi connectivity index (χ2n) is 17.6. The van der Waals surface area contributed by atoms with Crippen LogP contribution in [0.25, 0.3) is 0 Å². The van der Waals surface area contributed by atoms with E-state index in [9.17, 15) is 19.8 Å². The molecular formula is C55H99NO5. The summed E-state index contributed by atoms with van der Waals surface area (Å²) in [6.45, 7) is 6.32. The molecule has 0 aliphatic heterocycles. The molecule has 354 valence electrons. The molecule has 0 aromatic carbocycles. The molecule has 3 N–H and O–H groups in total. The van der Waals surface area contributed by atoms with Crippen LogP contribution in [-0.2, 0) is 14.3 Å². The van der Waals surface area contributed by atoms with E-state index in [1.807, 2.05) is 0 Å². The average Bonchev–Trinajstić information content (AvgIpc) is 3.25. The van der Waals surface area contributed by atoms with Gasteiger partial charge < -0.3 is 20.3 Å². The van der Waals surface area contributed by atoms with Gasteiger partial charge in [-0.15, -0.1) is 0 Å². The van der Waals surface area contributed by atoms with E-state index < -0.39 is 18.2 Å². The fourth-order valence-corrected chi connectivity index (χ4v) is 7.70. The van der Waals surface area contributed by atoms with Crippen molar-refractivity contribution in [2.75, 3.05) is 6.61 Å². The Hall–Kier alpha value is -2.44. The van der Waals surface area contributed by atoms with Gasteiger partial charge in [-0.2, -0.15) is 0 Å². The molecule has 0 saturated heterocycles. The zero-order valence-electron chi connectivity index (χ0n) is 40.3. The van der Waals surface area contributed by atoms with Crippen molar-refractivity contribution in [2.24, 2.45) is 0 Å². The Morgan fingerprint density at radius 1 is 0.508 bits per heavy atom. The molecule has 0 saturated carbocycles. The molecule has 6 nitrogen and oxygen atoms in total. The third-order valence-corrected chi connectivity index (χ3v) is 11.6. The minimum atomic E-state index is -0.795. The number of ether oxygens (including phenoxy) is 1. The third-order valence-electron chi connectivity index (χ3n) is 11.6. The van der Waals surface area contributed by atoms with Gasteiger partial charge in [-0.1, -0.05) is 223 Å². The normalized spacial score (nSPS) is 13.7. The molecule has 0 rings (SSSR count). The Bertz CT molecular complexity index is 1090. The Kier molecular flexibility index (Phi) is 46.6. The standard InChI is InChI=1S/C55H99NO5/c1-4-7-10-13-16-19-22-25-26-27-28-30-33-36-39-42-45-48-55(60)61-51(46-43-40-37-34-31-29-23-20-17-14-11-8-5-2)49-54(59)56-52(50-57)53(58)47-44-41-38-35-32-24-21-18-15-12-9-6-3/h8,11,14,16-17,19-20,23,25-26,51-53,57-58H,4-7,9-10,12-13,15,18,21-22,24,27-50H2,1-3H3,(H,56,59)/b11-8+,17-14+,19-16-,23-20+,26-25-. The van der Waals surface area contributed by atoms with E-state index in [0.29, 0.717) is 19.3 Å². The molecule has 0 aromatic heterocycles. The molecule has 0 aromatic rings. The summed E-state index contributed by atoms with van der Waals surface area (Å²) in [6, 6.07) is -0.710. The first kappa shape index (κ1) is 58.6. The Balaban J connectivity index is 4.59. The minimum absolute atomic E-state index is 0.0598. The molecule has 3 unspecified atom stereocenters. The molecule has 0 aliphatic carbocycles. The van der Waals surface area contributed by atoms with Crippen LogP contribution in [0.2, 0.25) is 0 Å². The molecule has 1 amide bonds. The van der Waals surface area contributed by atoms with Crippen molar-refractivity contribution >= 4 is 11.9 Å². The fourth-order valence-electron chi connectivity index (χ4n) is 7.70. The summed E-state index contributed by atoms with van der Waals surface area (Å²) in [5.41, 5.74) is 0. The lowest BCUT2D eigenvalue weighted by Gasteiger charge is -2.24. The molecule has 6 heteroatoms.